The molecule has 9 nitrogen and oxygen atoms in total. The molecular formula is C31H37N3O6. The van der Waals surface area contributed by atoms with E-state index in [9.17, 15) is 20.1 Å². The first-order valence-electron chi connectivity index (χ1n) is 13.2. The molecule has 1 aromatic heterocycles. The highest BCUT2D eigenvalue weighted by atomic mass is 16.5. The van der Waals surface area contributed by atoms with Gasteiger partial charge in [0.15, 0.2) is 0 Å². The van der Waals surface area contributed by atoms with E-state index >= 15 is 0 Å². The van der Waals surface area contributed by atoms with Gasteiger partial charge < -0.3 is 40.0 Å². The van der Waals surface area contributed by atoms with Crippen molar-refractivity contribution in [1.82, 2.24) is 15.2 Å². The second kappa shape index (κ2) is 12.9. The Morgan fingerprint density at radius 2 is 1.75 bits per heavy atom. The van der Waals surface area contributed by atoms with Crippen molar-refractivity contribution in [3.63, 3.8) is 0 Å². The van der Waals surface area contributed by atoms with Gasteiger partial charge >= 0.3 is 0 Å². The van der Waals surface area contributed by atoms with Crippen LogP contribution < -0.4 is 20.1 Å². The number of amides is 1. The molecule has 4 rings (SSSR count). The molecular weight excluding hydrogens is 510 g/mol. The van der Waals surface area contributed by atoms with Crippen LogP contribution in [0.15, 0.2) is 60.7 Å². The lowest BCUT2D eigenvalue weighted by Crippen LogP contribution is -2.32. The van der Waals surface area contributed by atoms with Crippen molar-refractivity contribution in [2.75, 3.05) is 20.8 Å². The topological polar surface area (TPSA) is 125 Å². The first-order valence-corrected chi connectivity index (χ1v) is 13.2. The Balaban J connectivity index is 1.39. The van der Waals surface area contributed by atoms with Crippen molar-refractivity contribution in [3.05, 3.63) is 88.6 Å². The van der Waals surface area contributed by atoms with Crippen LogP contribution >= 0.6 is 0 Å². The summed E-state index contributed by atoms with van der Waals surface area (Å²) in [5, 5.41) is 37.0. The number of rotatable bonds is 12. The Hall–Kier alpha value is -4.05. The molecule has 1 amide bonds. The number of ether oxygens (including phenoxy) is 2. The largest absolute Gasteiger partial charge is 0.508 e. The number of hydrogen-bond donors (Lipinski definition) is 5. The number of benzene rings is 3. The van der Waals surface area contributed by atoms with Crippen LogP contribution in [0.25, 0.3) is 10.9 Å². The van der Waals surface area contributed by atoms with Crippen LogP contribution in [0.3, 0.4) is 0 Å². The van der Waals surface area contributed by atoms with E-state index in [0.717, 1.165) is 28.5 Å². The van der Waals surface area contributed by atoms with Gasteiger partial charge in [0.2, 0.25) is 0 Å². The van der Waals surface area contributed by atoms with E-state index in [2.05, 4.69) is 16.7 Å². The van der Waals surface area contributed by atoms with Crippen LogP contribution in [0.5, 0.6) is 17.2 Å². The summed E-state index contributed by atoms with van der Waals surface area (Å²) in [6, 6.07) is 18.3. The molecule has 3 aromatic carbocycles. The number of aromatic hydroxyl groups is 1. The zero-order valence-electron chi connectivity index (χ0n) is 23.3. The van der Waals surface area contributed by atoms with Crippen molar-refractivity contribution in [2.24, 2.45) is 7.05 Å². The van der Waals surface area contributed by atoms with E-state index in [1.807, 2.05) is 54.9 Å². The van der Waals surface area contributed by atoms with Crippen LogP contribution in [-0.4, -0.2) is 52.6 Å². The Labute approximate surface area is 234 Å². The van der Waals surface area contributed by atoms with Gasteiger partial charge in [0.1, 0.15) is 22.9 Å². The predicted molar refractivity (Wildman–Crippen MR) is 154 cm³/mol. The third kappa shape index (κ3) is 6.39. The lowest BCUT2D eigenvalue weighted by atomic mass is 10.0. The highest BCUT2D eigenvalue weighted by Gasteiger charge is 2.17. The van der Waals surface area contributed by atoms with Crippen molar-refractivity contribution in [3.8, 4) is 17.2 Å². The molecule has 9 heteroatoms. The van der Waals surface area contributed by atoms with Crippen LogP contribution in [0.4, 0.5) is 0 Å². The molecule has 1 unspecified atom stereocenters. The van der Waals surface area contributed by atoms with Crippen molar-refractivity contribution in [2.45, 2.75) is 38.6 Å². The number of aliphatic hydroxyl groups excluding tert-OH is 2. The SMILES string of the molecule is COc1cccc(OC)c1CNC(=O)c1cc2cc(CC(C)NC[C@H](O)c3ccc(O)c(CO)c3)ccc2n1C. The zero-order valence-corrected chi connectivity index (χ0v) is 23.3. The molecule has 40 heavy (non-hydrogen) atoms. The maximum atomic E-state index is 13.1. The molecule has 0 aliphatic heterocycles. The first kappa shape index (κ1) is 28.9. The molecule has 0 spiro atoms. The van der Waals surface area contributed by atoms with E-state index in [-0.39, 0.29) is 30.9 Å². The van der Waals surface area contributed by atoms with Gasteiger partial charge in [0, 0.05) is 36.1 Å². The number of phenols is 1. The lowest BCUT2D eigenvalue weighted by molar-refractivity contribution is 0.0942. The average molecular weight is 548 g/mol. The second-order valence-corrected chi connectivity index (χ2v) is 9.88. The predicted octanol–water partition coefficient (Wildman–Crippen LogP) is 3.58. The van der Waals surface area contributed by atoms with Gasteiger partial charge in [0.05, 0.1) is 39.0 Å². The van der Waals surface area contributed by atoms with Crippen LogP contribution in [-0.2, 0) is 26.6 Å². The quantitative estimate of drug-likeness (QED) is 0.184. The highest BCUT2D eigenvalue weighted by molar-refractivity contribution is 5.98. The summed E-state index contributed by atoms with van der Waals surface area (Å²) in [4.78, 5) is 13.1. The average Bonchev–Trinajstić information content (AvgIpc) is 3.29. The molecule has 212 valence electrons. The Kier molecular flexibility index (Phi) is 9.31. The van der Waals surface area contributed by atoms with Crippen molar-refractivity contribution >= 4 is 16.8 Å². The third-order valence-corrected chi connectivity index (χ3v) is 7.16. The smallest absolute Gasteiger partial charge is 0.268 e. The number of nitrogens with zero attached hydrogens (tertiary/aromatic N) is 1. The zero-order chi connectivity index (χ0) is 28.8. The lowest BCUT2D eigenvalue weighted by Gasteiger charge is -2.18. The van der Waals surface area contributed by atoms with Crippen molar-refractivity contribution in [1.29, 1.82) is 0 Å². The monoisotopic (exact) mass is 547 g/mol. The normalized spacial score (nSPS) is 12.8. The van der Waals surface area contributed by atoms with Crippen LogP contribution in [0.1, 0.15) is 45.8 Å². The summed E-state index contributed by atoms with van der Waals surface area (Å²) in [6.07, 6.45) is -0.0497. The van der Waals surface area contributed by atoms with Crippen LogP contribution in [0.2, 0.25) is 0 Å². The van der Waals surface area contributed by atoms with Crippen molar-refractivity contribution < 1.29 is 29.6 Å². The standard InChI is InChI=1S/C31H37N3O6/c1-19(32-17-28(37)21-9-11-27(36)23(14-21)18-35)12-20-8-10-25-22(13-20)15-26(34(25)2)31(38)33-16-24-29(39-3)6-5-7-30(24)40-4/h5-11,13-15,19,28,32,35-37H,12,16-18H2,1-4H3,(H,33,38)/t19?,28-/m0/s1. The summed E-state index contributed by atoms with van der Waals surface area (Å²) < 4.78 is 12.7. The third-order valence-electron chi connectivity index (χ3n) is 7.16. The molecule has 0 bridgehead atoms. The summed E-state index contributed by atoms with van der Waals surface area (Å²) in [7, 11) is 5.05. The van der Waals surface area contributed by atoms with E-state index in [4.69, 9.17) is 9.47 Å². The van der Waals surface area contributed by atoms with Gasteiger partial charge in [0.25, 0.3) is 5.91 Å². The minimum atomic E-state index is -0.776. The Morgan fingerprint density at radius 3 is 2.42 bits per heavy atom. The number of nitrogens with one attached hydrogen (secondary N) is 2. The first-order chi connectivity index (χ1) is 19.2. The van der Waals surface area contributed by atoms with Gasteiger partial charge in [-0.05, 0) is 66.9 Å². The molecule has 0 fully saturated rings. The number of carbonyl (C=O) groups is 1. The fourth-order valence-electron chi connectivity index (χ4n) is 4.90. The minimum Gasteiger partial charge on any atom is -0.508 e. The number of aromatic nitrogens is 1. The van der Waals surface area contributed by atoms with Gasteiger partial charge in [-0.2, -0.15) is 0 Å². The molecule has 0 aliphatic carbocycles. The molecule has 1 heterocycles. The van der Waals surface area contributed by atoms with E-state index in [1.54, 1.807) is 26.4 Å². The molecule has 2 atom stereocenters. The van der Waals surface area contributed by atoms with Gasteiger partial charge in [-0.3, -0.25) is 4.79 Å². The molecule has 4 aromatic rings. The fraction of sp³-hybridized carbons (Fsp3) is 0.323. The summed E-state index contributed by atoms with van der Waals surface area (Å²) >= 11 is 0. The number of aliphatic hydroxyl groups is 2. The number of methoxy groups -OCH3 is 2. The molecule has 0 aliphatic rings. The van der Waals surface area contributed by atoms with Crippen LogP contribution in [0, 0.1) is 0 Å². The Morgan fingerprint density at radius 1 is 1.02 bits per heavy atom. The maximum Gasteiger partial charge on any atom is 0.268 e. The van der Waals surface area contributed by atoms with Gasteiger partial charge in [-0.1, -0.05) is 18.2 Å². The summed E-state index contributed by atoms with van der Waals surface area (Å²) in [6.45, 7) is 2.34. The number of hydrogen-bond acceptors (Lipinski definition) is 7. The summed E-state index contributed by atoms with van der Waals surface area (Å²) in [5.41, 5.74) is 4.38. The van der Waals surface area contributed by atoms with E-state index in [1.165, 1.54) is 6.07 Å². The number of fused-ring (bicyclic) bond motifs is 1. The molecule has 0 saturated heterocycles. The molecule has 0 radical (unpaired) electrons. The second-order valence-electron chi connectivity index (χ2n) is 9.88. The summed E-state index contributed by atoms with van der Waals surface area (Å²) in [5.74, 6) is 1.10. The van der Waals surface area contributed by atoms with Gasteiger partial charge in [-0.25, -0.2) is 0 Å². The number of carbonyl (C=O) groups excluding carboxylic acids is 1. The fourth-order valence-corrected chi connectivity index (χ4v) is 4.90. The van der Waals surface area contributed by atoms with E-state index in [0.29, 0.717) is 34.9 Å². The van der Waals surface area contributed by atoms with E-state index < -0.39 is 6.10 Å². The molecule has 5 N–H and O–H groups in total. The molecule has 0 saturated carbocycles. The Bertz CT molecular complexity index is 1460. The highest BCUT2D eigenvalue weighted by Crippen LogP contribution is 2.28. The van der Waals surface area contributed by atoms with Gasteiger partial charge in [-0.15, -0.1) is 0 Å². The maximum absolute atomic E-state index is 13.1. The number of aryl methyl sites for hydroxylation is 1. The minimum absolute atomic E-state index is 0.00776.